The Morgan fingerprint density at radius 1 is 0.473 bits per heavy atom. The first-order valence-electron chi connectivity index (χ1n) is 31.1. The Kier molecular flexibility index (Phi) is 52.4. The Morgan fingerprint density at radius 3 is 1.26 bits per heavy atom. The highest BCUT2D eigenvalue weighted by molar-refractivity contribution is 7.45. The van der Waals surface area contributed by atoms with Crippen molar-refractivity contribution >= 4 is 19.7 Å². The minimum absolute atomic E-state index is 0.0256. The van der Waals surface area contributed by atoms with Gasteiger partial charge in [-0.25, -0.2) is 0 Å². The van der Waals surface area contributed by atoms with Gasteiger partial charge in [0.2, 0.25) is 5.91 Å². The van der Waals surface area contributed by atoms with Crippen LogP contribution in [0.15, 0.2) is 60.8 Å². The number of ether oxygens (including phenoxy) is 1. The van der Waals surface area contributed by atoms with Crippen LogP contribution in [0.25, 0.3) is 0 Å². The summed E-state index contributed by atoms with van der Waals surface area (Å²) in [5, 5.41) is 3.03. The van der Waals surface area contributed by atoms with Gasteiger partial charge in [0.1, 0.15) is 19.3 Å². The number of esters is 1. The van der Waals surface area contributed by atoms with E-state index in [4.69, 9.17) is 13.8 Å². The summed E-state index contributed by atoms with van der Waals surface area (Å²) < 4.78 is 30.3. The van der Waals surface area contributed by atoms with Crippen LogP contribution in [0.1, 0.15) is 284 Å². The normalized spacial score (nSPS) is 14.1. The van der Waals surface area contributed by atoms with E-state index in [9.17, 15) is 19.0 Å². The van der Waals surface area contributed by atoms with Crippen molar-refractivity contribution in [3.05, 3.63) is 60.8 Å². The fourth-order valence-corrected chi connectivity index (χ4v) is 9.58. The average molecular weight is 1060 g/mol. The van der Waals surface area contributed by atoms with E-state index in [0.29, 0.717) is 23.9 Å². The Bertz CT molecular complexity index is 1450. The maximum atomic E-state index is 13.5. The number of unbranched alkanes of at least 4 members (excludes halogenated alkanes) is 32. The highest BCUT2D eigenvalue weighted by Gasteiger charge is 2.27. The van der Waals surface area contributed by atoms with Crippen LogP contribution in [-0.4, -0.2) is 69.4 Å². The number of carbonyl (C=O) groups is 2. The lowest BCUT2D eigenvalue weighted by atomic mass is 10.0. The standard InChI is InChI=1S/C64H119N2O7P/c1-7-10-13-16-19-22-25-28-30-31-32-33-34-35-37-39-42-45-48-51-54-57-64(68)73-62(55-52-49-46-43-40-27-24-21-18-15-12-9-3)61(60-72-74(69,70)71-59-58-66(4,5)6)65-63(67)56-53-50-47-44-41-38-36-29-26-23-20-17-14-11-8-2/h19,22,28,30,32-33,35,37,52,55,61-62H,7-18,20-21,23-27,29,31,34,36,38-51,53-54,56-60H2,1-6H3,(H-,65,67,69,70)/b22-19-,30-28-,33-32-,37-35-,55-52+. The number of likely N-dealkylation sites (N-methyl/N-ethyl adjacent to an activating group) is 1. The molecule has 432 valence electrons. The number of nitrogens with one attached hydrogen (secondary N) is 1. The third-order valence-corrected chi connectivity index (χ3v) is 14.7. The molecule has 3 unspecified atom stereocenters. The van der Waals surface area contributed by atoms with Gasteiger partial charge in [0.15, 0.2) is 0 Å². The zero-order valence-electron chi connectivity index (χ0n) is 49.3. The summed E-state index contributed by atoms with van der Waals surface area (Å²) in [6.45, 7) is 6.82. The molecular weight excluding hydrogens is 940 g/mol. The molecule has 9 nitrogen and oxygen atoms in total. The lowest BCUT2D eigenvalue weighted by Crippen LogP contribution is -2.47. The summed E-state index contributed by atoms with van der Waals surface area (Å²) in [5.41, 5.74) is 0. The molecule has 0 aromatic rings. The smallest absolute Gasteiger partial charge is 0.306 e. The molecule has 0 aromatic carbocycles. The van der Waals surface area contributed by atoms with Gasteiger partial charge in [-0.2, -0.15) is 0 Å². The van der Waals surface area contributed by atoms with Gasteiger partial charge in [0.05, 0.1) is 33.8 Å². The minimum Gasteiger partial charge on any atom is -0.756 e. The summed E-state index contributed by atoms with van der Waals surface area (Å²) >= 11 is 0. The second-order valence-electron chi connectivity index (χ2n) is 22.2. The average Bonchev–Trinajstić information content (AvgIpc) is 3.36. The summed E-state index contributed by atoms with van der Waals surface area (Å²) in [6, 6.07) is -0.895. The van der Waals surface area contributed by atoms with Crippen LogP contribution < -0.4 is 10.2 Å². The highest BCUT2D eigenvalue weighted by atomic mass is 31.2. The summed E-state index contributed by atoms with van der Waals surface area (Å²) in [4.78, 5) is 40.0. The lowest BCUT2D eigenvalue weighted by molar-refractivity contribution is -0.870. The molecule has 10 heteroatoms. The maximum Gasteiger partial charge on any atom is 0.306 e. The molecule has 0 saturated carbocycles. The first kappa shape index (κ1) is 71.7. The number of hydrogen-bond donors (Lipinski definition) is 1. The van der Waals surface area contributed by atoms with E-state index in [1.165, 1.54) is 154 Å². The van der Waals surface area contributed by atoms with Crippen LogP contribution in [-0.2, 0) is 27.9 Å². The summed E-state index contributed by atoms with van der Waals surface area (Å²) in [5.74, 6) is -0.555. The zero-order chi connectivity index (χ0) is 54.3. The van der Waals surface area contributed by atoms with Crippen molar-refractivity contribution in [2.75, 3.05) is 40.9 Å². The van der Waals surface area contributed by atoms with Gasteiger partial charge in [-0.05, 0) is 76.7 Å². The highest BCUT2D eigenvalue weighted by Crippen LogP contribution is 2.38. The van der Waals surface area contributed by atoms with Crippen molar-refractivity contribution in [2.45, 2.75) is 296 Å². The van der Waals surface area contributed by atoms with Gasteiger partial charge in [-0.1, -0.05) is 255 Å². The van der Waals surface area contributed by atoms with Crippen molar-refractivity contribution < 1.29 is 37.3 Å². The van der Waals surface area contributed by atoms with E-state index in [2.05, 4.69) is 74.7 Å². The van der Waals surface area contributed by atoms with E-state index in [0.717, 1.165) is 89.9 Å². The Hall–Kier alpha value is -2.29. The zero-order valence-corrected chi connectivity index (χ0v) is 50.2. The molecule has 1 N–H and O–H groups in total. The number of phosphoric ester groups is 1. The molecule has 0 bridgehead atoms. The molecule has 0 fully saturated rings. The van der Waals surface area contributed by atoms with Gasteiger partial charge < -0.3 is 28.5 Å². The predicted molar refractivity (Wildman–Crippen MR) is 316 cm³/mol. The summed E-state index contributed by atoms with van der Waals surface area (Å²) in [7, 11) is 1.18. The molecule has 0 aliphatic carbocycles. The van der Waals surface area contributed by atoms with Crippen LogP contribution in [0.4, 0.5) is 0 Å². The van der Waals surface area contributed by atoms with Crippen molar-refractivity contribution in [1.29, 1.82) is 0 Å². The molecule has 0 radical (unpaired) electrons. The number of amides is 1. The molecular formula is C64H119N2O7P. The molecule has 74 heavy (non-hydrogen) atoms. The van der Waals surface area contributed by atoms with Crippen LogP contribution in [0.5, 0.6) is 0 Å². The second kappa shape index (κ2) is 54.1. The largest absolute Gasteiger partial charge is 0.756 e. The van der Waals surface area contributed by atoms with Crippen molar-refractivity contribution in [3.63, 3.8) is 0 Å². The molecule has 0 saturated heterocycles. The number of quaternary nitrogens is 1. The van der Waals surface area contributed by atoms with Crippen molar-refractivity contribution in [1.82, 2.24) is 5.32 Å². The van der Waals surface area contributed by atoms with Crippen molar-refractivity contribution in [2.24, 2.45) is 0 Å². The van der Waals surface area contributed by atoms with E-state index in [1.807, 2.05) is 33.3 Å². The third-order valence-electron chi connectivity index (χ3n) is 13.7. The number of carbonyl (C=O) groups excluding carboxylic acids is 2. The molecule has 1 amide bonds. The van der Waals surface area contributed by atoms with Crippen molar-refractivity contribution in [3.8, 4) is 0 Å². The van der Waals surface area contributed by atoms with E-state index >= 15 is 0 Å². The Labute approximate surface area is 458 Å². The lowest BCUT2D eigenvalue weighted by Gasteiger charge is -2.30. The van der Waals surface area contributed by atoms with Gasteiger partial charge in [-0.3, -0.25) is 14.2 Å². The minimum atomic E-state index is -4.70. The maximum absolute atomic E-state index is 13.5. The quantitative estimate of drug-likeness (QED) is 0.0212. The molecule has 0 aliphatic rings. The monoisotopic (exact) mass is 1060 g/mol. The SMILES string of the molecule is CCCCC/C=C\C/C=C\C/C=C\C/C=C\CCCCCCCC(=O)OC(/C=C/CCCCCCCCCCCC)C(COP(=O)([O-])OCC[N+](C)(C)C)NC(=O)CCCCCCCCCCCCCCCCC. The Balaban J connectivity index is 5.28. The molecule has 0 heterocycles. The fourth-order valence-electron chi connectivity index (χ4n) is 8.86. The molecule has 0 rings (SSSR count). The second-order valence-corrected chi connectivity index (χ2v) is 23.6. The molecule has 0 aliphatic heterocycles. The topological polar surface area (TPSA) is 114 Å². The molecule has 0 spiro atoms. The summed E-state index contributed by atoms with van der Waals surface area (Å²) in [6.07, 6.45) is 67.5. The van der Waals surface area contributed by atoms with Crippen LogP contribution in [0.3, 0.4) is 0 Å². The molecule has 3 atom stereocenters. The predicted octanol–water partition coefficient (Wildman–Crippen LogP) is 18.4. The van der Waals surface area contributed by atoms with Crippen LogP contribution in [0.2, 0.25) is 0 Å². The Morgan fingerprint density at radius 2 is 0.824 bits per heavy atom. The van der Waals surface area contributed by atoms with Crippen LogP contribution in [0, 0.1) is 0 Å². The van der Waals surface area contributed by atoms with Gasteiger partial charge in [0.25, 0.3) is 7.82 Å². The van der Waals surface area contributed by atoms with E-state index < -0.39 is 26.6 Å². The fraction of sp³-hybridized carbons (Fsp3) is 0.812. The van der Waals surface area contributed by atoms with E-state index in [-0.39, 0.29) is 24.9 Å². The number of nitrogens with zero attached hydrogens (tertiary/aromatic N) is 1. The van der Waals surface area contributed by atoms with E-state index in [1.54, 1.807) is 0 Å². The van der Waals surface area contributed by atoms with Gasteiger partial charge >= 0.3 is 5.97 Å². The van der Waals surface area contributed by atoms with Gasteiger partial charge in [0, 0.05) is 12.8 Å². The first-order valence-corrected chi connectivity index (χ1v) is 32.6. The number of hydrogen-bond acceptors (Lipinski definition) is 7. The van der Waals surface area contributed by atoms with Gasteiger partial charge in [-0.15, -0.1) is 0 Å². The number of allylic oxidation sites excluding steroid dienone is 9. The van der Waals surface area contributed by atoms with Crippen LogP contribution >= 0.6 is 7.82 Å². The first-order chi connectivity index (χ1) is 35.9. The number of phosphoric acid groups is 1. The number of rotatable bonds is 56. The third kappa shape index (κ3) is 54.5. The molecule has 0 aromatic heterocycles.